The van der Waals surface area contributed by atoms with Gasteiger partial charge in [-0.1, -0.05) is 241 Å². The first-order chi connectivity index (χ1) is 33.6. The lowest BCUT2D eigenvalue weighted by Crippen LogP contribution is -2.30. The van der Waals surface area contributed by atoms with Gasteiger partial charge in [-0.05, 0) is 109 Å². The second-order valence-corrected chi connectivity index (χ2v) is 19.5. The predicted octanol–water partition coefficient (Wildman–Crippen LogP) is 20.2. The SMILES string of the molecule is CCC/C=C\C/C=C\CCCCCCCC(=O)OC(COCCCCCCCCCCCC/C=C\C/C=C\CCCCC)COC(=O)CCCCCCCCCCC/C=C\C/C=C\CCCCC. The lowest BCUT2D eigenvalue weighted by molar-refractivity contribution is -0.163. The highest BCUT2D eigenvalue weighted by atomic mass is 16.6. The zero-order valence-electron chi connectivity index (χ0n) is 45.4. The van der Waals surface area contributed by atoms with Crippen LogP contribution in [0.5, 0.6) is 0 Å². The highest BCUT2D eigenvalue weighted by Gasteiger charge is 2.17. The second-order valence-electron chi connectivity index (χ2n) is 19.5. The summed E-state index contributed by atoms with van der Waals surface area (Å²) in [5.74, 6) is -0.412. The van der Waals surface area contributed by atoms with E-state index >= 15 is 0 Å². The van der Waals surface area contributed by atoms with E-state index in [4.69, 9.17) is 14.2 Å². The van der Waals surface area contributed by atoms with Gasteiger partial charge in [0.25, 0.3) is 0 Å². The second kappa shape index (κ2) is 58.7. The van der Waals surface area contributed by atoms with Gasteiger partial charge in [-0.3, -0.25) is 9.59 Å². The maximum atomic E-state index is 12.8. The summed E-state index contributed by atoms with van der Waals surface area (Å²) in [6.07, 6.45) is 76.4. The zero-order valence-corrected chi connectivity index (χ0v) is 45.4. The number of allylic oxidation sites excluding steroid dienone is 12. The summed E-state index contributed by atoms with van der Waals surface area (Å²) in [5.41, 5.74) is 0. The minimum Gasteiger partial charge on any atom is -0.462 e. The molecule has 0 heterocycles. The van der Waals surface area contributed by atoms with Crippen LogP contribution in [0.15, 0.2) is 72.9 Å². The monoisotopic (exact) mass is 949 g/mol. The molecule has 0 aliphatic rings. The van der Waals surface area contributed by atoms with E-state index in [9.17, 15) is 9.59 Å². The van der Waals surface area contributed by atoms with Gasteiger partial charge in [-0.15, -0.1) is 0 Å². The summed E-state index contributed by atoms with van der Waals surface area (Å²) < 4.78 is 17.5. The van der Waals surface area contributed by atoms with Crippen molar-refractivity contribution in [1.29, 1.82) is 0 Å². The van der Waals surface area contributed by atoms with Gasteiger partial charge in [0.1, 0.15) is 6.61 Å². The van der Waals surface area contributed by atoms with Gasteiger partial charge in [-0.2, -0.15) is 0 Å². The minimum atomic E-state index is -0.549. The number of hydrogen-bond donors (Lipinski definition) is 0. The van der Waals surface area contributed by atoms with Crippen molar-refractivity contribution >= 4 is 11.9 Å². The standard InChI is InChI=1S/C63H112O5/c1-4-7-10-13-16-19-22-25-27-29-31-33-35-37-40-43-46-49-52-55-58-66-59-61(68-63(65)57-54-51-48-45-42-38-24-21-18-15-12-9-6-3)60-67-62(64)56-53-50-47-44-41-39-36-34-32-30-28-26-23-20-17-14-11-8-5-2/h12,15-17,19-21,24-28,61H,4-11,13-14,18,22-23,29-60H2,1-3H3/b15-12-,19-16-,20-17-,24-21-,27-25-,28-26-. The number of unbranched alkanes of at least 4 members (excludes halogenated alkanes) is 31. The lowest BCUT2D eigenvalue weighted by atomic mass is 10.1. The highest BCUT2D eigenvalue weighted by Crippen LogP contribution is 2.15. The molecule has 1 atom stereocenters. The van der Waals surface area contributed by atoms with Crippen LogP contribution in [0.2, 0.25) is 0 Å². The number of carbonyl (C=O) groups excluding carboxylic acids is 2. The van der Waals surface area contributed by atoms with Crippen molar-refractivity contribution in [3.05, 3.63) is 72.9 Å². The fraction of sp³-hybridized carbons (Fsp3) is 0.778. The maximum absolute atomic E-state index is 12.8. The van der Waals surface area contributed by atoms with E-state index in [1.807, 2.05) is 0 Å². The molecule has 394 valence electrons. The van der Waals surface area contributed by atoms with Crippen LogP contribution in [0.1, 0.15) is 290 Å². The molecule has 1 unspecified atom stereocenters. The molecule has 0 aliphatic heterocycles. The summed E-state index contributed by atoms with van der Waals surface area (Å²) in [6.45, 7) is 7.72. The molecule has 0 aromatic carbocycles. The zero-order chi connectivity index (χ0) is 49.2. The largest absolute Gasteiger partial charge is 0.462 e. The Bertz CT molecular complexity index is 1210. The Morgan fingerprint density at radius 3 is 1.03 bits per heavy atom. The molecule has 0 saturated heterocycles. The van der Waals surface area contributed by atoms with Gasteiger partial charge < -0.3 is 14.2 Å². The number of esters is 2. The third kappa shape index (κ3) is 55.9. The third-order valence-electron chi connectivity index (χ3n) is 12.7. The molecule has 0 aromatic heterocycles. The molecule has 5 heteroatoms. The summed E-state index contributed by atoms with van der Waals surface area (Å²) >= 11 is 0. The molecule has 0 aliphatic carbocycles. The van der Waals surface area contributed by atoms with E-state index in [1.54, 1.807) is 0 Å². The van der Waals surface area contributed by atoms with E-state index in [-0.39, 0.29) is 25.2 Å². The van der Waals surface area contributed by atoms with Crippen LogP contribution in [-0.2, 0) is 23.8 Å². The minimum absolute atomic E-state index is 0.0754. The lowest BCUT2D eigenvalue weighted by Gasteiger charge is -2.18. The van der Waals surface area contributed by atoms with Crippen molar-refractivity contribution < 1.29 is 23.8 Å². The molecule has 5 nitrogen and oxygen atoms in total. The summed E-state index contributed by atoms with van der Waals surface area (Å²) in [6, 6.07) is 0. The molecular weight excluding hydrogens is 837 g/mol. The van der Waals surface area contributed by atoms with Gasteiger partial charge in [-0.25, -0.2) is 0 Å². The van der Waals surface area contributed by atoms with Crippen LogP contribution in [-0.4, -0.2) is 37.9 Å². The van der Waals surface area contributed by atoms with Crippen molar-refractivity contribution in [2.24, 2.45) is 0 Å². The van der Waals surface area contributed by atoms with Crippen molar-refractivity contribution in [2.75, 3.05) is 19.8 Å². The molecule has 0 fully saturated rings. The van der Waals surface area contributed by atoms with Gasteiger partial charge in [0.15, 0.2) is 6.10 Å². The Morgan fingerprint density at radius 2 is 0.647 bits per heavy atom. The topological polar surface area (TPSA) is 61.8 Å². The number of rotatable bonds is 54. The smallest absolute Gasteiger partial charge is 0.306 e. The van der Waals surface area contributed by atoms with E-state index in [0.717, 1.165) is 70.6 Å². The van der Waals surface area contributed by atoms with Crippen LogP contribution in [0.25, 0.3) is 0 Å². The highest BCUT2D eigenvalue weighted by molar-refractivity contribution is 5.70. The maximum Gasteiger partial charge on any atom is 0.306 e. The van der Waals surface area contributed by atoms with Crippen LogP contribution >= 0.6 is 0 Å². The molecule has 0 saturated carbocycles. The molecule has 0 bridgehead atoms. The Labute approximate surface area is 423 Å². The molecule has 0 radical (unpaired) electrons. The van der Waals surface area contributed by atoms with Gasteiger partial charge in [0.2, 0.25) is 0 Å². The Morgan fingerprint density at radius 1 is 0.324 bits per heavy atom. The van der Waals surface area contributed by atoms with Crippen molar-refractivity contribution in [1.82, 2.24) is 0 Å². The van der Waals surface area contributed by atoms with E-state index in [0.29, 0.717) is 19.4 Å². The molecule has 0 amide bonds. The van der Waals surface area contributed by atoms with E-state index in [2.05, 4.69) is 93.7 Å². The quantitative estimate of drug-likeness (QED) is 0.0345. The van der Waals surface area contributed by atoms with Crippen molar-refractivity contribution in [3.63, 3.8) is 0 Å². The Hall–Kier alpha value is -2.66. The first-order valence-electron chi connectivity index (χ1n) is 29.5. The average molecular weight is 950 g/mol. The first-order valence-corrected chi connectivity index (χ1v) is 29.5. The molecule has 0 spiro atoms. The summed E-state index contributed by atoms with van der Waals surface area (Å²) in [4.78, 5) is 25.5. The van der Waals surface area contributed by atoms with Crippen LogP contribution in [0, 0.1) is 0 Å². The fourth-order valence-corrected chi connectivity index (χ4v) is 8.26. The fourth-order valence-electron chi connectivity index (χ4n) is 8.26. The van der Waals surface area contributed by atoms with Crippen LogP contribution in [0.3, 0.4) is 0 Å². The van der Waals surface area contributed by atoms with E-state index < -0.39 is 6.10 Å². The molecule has 0 aromatic rings. The van der Waals surface area contributed by atoms with Crippen LogP contribution < -0.4 is 0 Å². The van der Waals surface area contributed by atoms with Gasteiger partial charge in [0.05, 0.1) is 6.61 Å². The predicted molar refractivity (Wildman–Crippen MR) is 297 cm³/mol. The first kappa shape index (κ1) is 65.3. The van der Waals surface area contributed by atoms with Crippen molar-refractivity contribution in [3.8, 4) is 0 Å². The normalized spacial score (nSPS) is 12.7. The van der Waals surface area contributed by atoms with Gasteiger partial charge in [0, 0.05) is 19.4 Å². The molecular formula is C63H112O5. The molecule has 68 heavy (non-hydrogen) atoms. The average Bonchev–Trinajstić information content (AvgIpc) is 3.34. The Kier molecular flexibility index (Phi) is 56.4. The molecule has 0 rings (SSSR count). The third-order valence-corrected chi connectivity index (χ3v) is 12.7. The van der Waals surface area contributed by atoms with Crippen molar-refractivity contribution in [2.45, 2.75) is 297 Å². The van der Waals surface area contributed by atoms with Crippen LogP contribution in [0.4, 0.5) is 0 Å². The summed E-state index contributed by atoms with van der Waals surface area (Å²) in [7, 11) is 0. The van der Waals surface area contributed by atoms with Gasteiger partial charge >= 0.3 is 11.9 Å². The number of ether oxygens (including phenoxy) is 3. The summed E-state index contributed by atoms with van der Waals surface area (Å²) in [5, 5.41) is 0. The Balaban J connectivity index is 4.25. The number of hydrogen-bond acceptors (Lipinski definition) is 5. The molecule has 0 N–H and O–H groups in total. The van der Waals surface area contributed by atoms with E-state index in [1.165, 1.54) is 186 Å². The number of carbonyl (C=O) groups is 2.